The van der Waals surface area contributed by atoms with Crippen molar-refractivity contribution in [3.8, 4) is 16.9 Å². The molecule has 5 heteroatoms. The van der Waals surface area contributed by atoms with E-state index in [1.165, 1.54) is 0 Å². The average Bonchev–Trinajstić information content (AvgIpc) is 2.57. The molecule has 2 aromatic carbocycles. The fraction of sp³-hybridized carbons (Fsp3) is 0.0588. The van der Waals surface area contributed by atoms with Crippen molar-refractivity contribution in [3.63, 3.8) is 0 Å². The van der Waals surface area contributed by atoms with Crippen LogP contribution in [0.25, 0.3) is 11.1 Å². The highest BCUT2D eigenvalue weighted by Gasteiger charge is 2.06. The van der Waals surface area contributed by atoms with E-state index in [9.17, 15) is 5.11 Å². The normalized spacial score (nSPS) is 10.4. The molecule has 2 N–H and O–H groups in total. The number of rotatable bonds is 4. The topological polar surface area (TPSA) is 58.0 Å². The molecule has 0 fully saturated rings. The van der Waals surface area contributed by atoms with Gasteiger partial charge in [-0.15, -0.1) is 0 Å². The molecule has 4 nitrogen and oxygen atoms in total. The molecule has 0 aliphatic heterocycles. The Balaban J connectivity index is 1.74. The summed E-state index contributed by atoms with van der Waals surface area (Å²) in [5.41, 5.74) is 2.48. The number of hydrogen-bond acceptors (Lipinski definition) is 4. The van der Waals surface area contributed by atoms with Crippen LogP contribution in [-0.4, -0.2) is 15.1 Å². The summed E-state index contributed by atoms with van der Waals surface area (Å²) in [4.78, 5) is 8.53. The maximum atomic E-state index is 9.88. The van der Waals surface area contributed by atoms with Crippen LogP contribution in [0.1, 0.15) is 5.56 Å². The van der Waals surface area contributed by atoms with Gasteiger partial charge in [-0.1, -0.05) is 41.9 Å². The Morgan fingerprint density at radius 2 is 1.73 bits per heavy atom. The van der Waals surface area contributed by atoms with Crippen LogP contribution >= 0.6 is 11.6 Å². The molecule has 3 rings (SSSR count). The van der Waals surface area contributed by atoms with Gasteiger partial charge in [-0.3, -0.25) is 0 Å². The molecule has 0 spiro atoms. The van der Waals surface area contributed by atoms with Gasteiger partial charge in [0.1, 0.15) is 5.75 Å². The zero-order valence-electron chi connectivity index (χ0n) is 11.7. The lowest BCUT2D eigenvalue weighted by Crippen LogP contribution is -2.03. The van der Waals surface area contributed by atoms with Crippen molar-refractivity contribution in [3.05, 3.63) is 71.5 Å². The molecule has 22 heavy (non-hydrogen) atoms. The van der Waals surface area contributed by atoms with Crippen molar-refractivity contribution in [2.75, 3.05) is 5.32 Å². The van der Waals surface area contributed by atoms with Crippen LogP contribution in [0.4, 0.5) is 5.95 Å². The number of halogens is 1. The van der Waals surface area contributed by atoms with Crippen LogP contribution in [0.5, 0.6) is 5.75 Å². The van der Waals surface area contributed by atoms with Gasteiger partial charge in [0.15, 0.2) is 0 Å². The smallest absolute Gasteiger partial charge is 0.222 e. The number of phenols is 1. The van der Waals surface area contributed by atoms with E-state index in [0.29, 0.717) is 28.6 Å². The highest BCUT2D eigenvalue weighted by Crippen LogP contribution is 2.30. The second-order valence-electron chi connectivity index (χ2n) is 4.80. The Morgan fingerprint density at radius 1 is 1.00 bits per heavy atom. The maximum Gasteiger partial charge on any atom is 0.222 e. The molecule has 0 saturated heterocycles. The summed E-state index contributed by atoms with van der Waals surface area (Å²) in [5.74, 6) is 0.687. The van der Waals surface area contributed by atoms with Gasteiger partial charge in [0.05, 0.1) is 0 Å². The summed E-state index contributed by atoms with van der Waals surface area (Å²) in [7, 11) is 0. The molecule has 1 heterocycles. The van der Waals surface area contributed by atoms with E-state index in [1.807, 2.05) is 30.3 Å². The Morgan fingerprint density at radius 3 is 2.45 bits per heavy atom. The van der Waals surface area contributed by atoms with Gasteiger partial charge < -0.3 is 10.4 Å². The molecule has 110 valence electrons. The second kappa shape index (κ2) is 6.45. The predicted molar refractivity (Wildman–Crippen MR) is 87.9 cm³/mol. The van der Waals surface area contributed by atoms with Crippen LogP contribution in [0.3, 0.4) is 0 Å². The Bertz CT molecular complexity index is 761. The molecule has 3 aromatic rings. The van der Waals surface area contributed by atoms with Gasteiger partial charge in [0.2, 0.25) is 5.95 Å². The van der Waals surface area contributed by atoms with Crippen LogP contribution < -0.4 is 5.32 Å². The molecular formula is C17H14ClN3O. The molecule has 0 atom stereocenters. The van der Waals surface area contributed by atoms with Gasteiger partial charge in [-0.05, 0) is 23.8 Å². The first kappa shape index (κ1) is 14.4. The first-order valence-electron chi connectivity index (χ1n) is 6.81. The van der Waals surface area contributed by atoms with E-state index >= 15 is 0 Å². The predicted octanol–water partition coefficient (Wildman–Crippen LogP) is 4.11. The van der Waals surface area contributed by atoms with Gasteiger partial charge in [0, 0.05) is 35.1 Å². The molecule has 0 amide bonds. The van der Waals surface area contributed by atoms with Gasteiger partial charge in [0.25, 0.3) is 0 Å². The standard InChI is InChI=1S/C17H14ClN3O/c18-14-6-7-16(22)15(8-14)13-10-20-17(21-11-13)19-9-12-4-2-1-3-5-12/h1-8,10-11,22H,9H2,(H,19,20,21). The van der Waals surface area contributed by atoms with E-state index < -0.39 is 0 Å². The zero-order chi connectivity index (χ0) is 15.4. The van der Waals surface area contributed by atoms with E-state index in [4.69, 9.17) is 11.6 Å². The second-order valence-corrected chi connectivity index (χ2v) is 5.23. The summed E-state index contributed by atoms with van der Waals surface area (Å²) in [6.45, 7) is 0.655. The summed E-state index contributed by atoms with van der Waals surface area (Å²) in [5, 5.41) is 13.6. The number of phenolic OH excluding ortho intramolecular Hbond substituents is 1. The van der Waals surface area contributed by atoms with E-state index in [0.717, 1.165) is 5.56 Å². The number of benzene rings is 2. The van der Waals surface area contributed by atoms with Crippen LogP contribution in [0, 0.1) is 0 Å². The monoisotopic (exact) mass is 311 g/mol. The average molecular weight is 312 g/mol. The number of nitrogens with zero attached hydrogens (tertiary/aromatic N) is 2. The Kier molecular flexibility index (Phi) is 4.21. The third-order valence-electron chi connectivity index (χ3n) is 3.21. The molecule has 0 unspecified atom stereocenters. The van der Waals surface area contributed by atoms with Crippen molar-refractivity contribution in [1.29, 1.82) is 0 Å². The minimum Gasteiger partial charge on any atom is -0.507 e. The summed E-state index contributed by atoms with van der Waals surface area (Å²) >= 11 is 5.95. The van der Waals surface area contributed by atoms with E-state index in [-0.39, 0.29) is 5.75 Å². The SMILES string of the molecule is Oc1ccc(Cl)cc1-c1cnc(NCc2ccccc2)nc1. The third kappa shape index (κ3) is 3.35. The molecule has 0 aliphatic carbocycles. The first-order valence-corrected chi connectivity index (χ1v) is 7.19. The van der Waals surface area contributed by atoms with Crippen LogP contribution in [0.15, 0.2) is 60.9 Å². The molecule has 0 saturated carbocycles. The van der Waals surface area contributed by atoms with Crippen LogP contribution in [-0.2, 0) is 6.54 Å². The van der Waals surface area contributed by atoms with Gasteiger partial charge >= 0.3 is 0 Å². The fourth-order valence-corrected chi connectivity index (χ4v) is 2.25. The van der Waals surface area contributed by atoms with Crippen molar-refractivity contribution >= 4 is 17.5 Å². The molecular weight excluding hydrogens is 298 g/mol. The van der Waals surface area contributed by atoms with Crippen molar-refractivity contribution in [1.82, 2.24) is 9.97 Å². The third-order valence-corrected chi connectivity index (χ3v) is 3.45. The minimum atomic E-state index is 0.151. The molecule has 1 aromatic heterocycles. The number of nitrogens with one attached hydrogen (secondary N) is 1. The lowest BCUT2D eigenvalue weighted by atomic mass is 10.1. The zero-order valence-corrected chi connectivity index (χ0v) is 12.5. The number of aromatic nitrogens is 2. The largest absolute Gasteiger partial charge is 0.507 e. The fourth-order valence-electron chi connectivity index (χ4n) is 2.07. The number of aromatic hydroxyl groups is 1. The summed E-state index contributed by atoms with van der Waals surface area (Å²) in [6, 6.07) is 14.9. The Labute approximate surface area is 133 Å². The lowest BCUT2D eigenvalue weighted by molar-refractivity contribution is 0.477. The minimum absolute atomic E-state index is 0.151. The summed E-state index contributed by atoms with van der Waals surface area (Å²) < 4.78 is 0. The van der Waals surface area contributed by atoms with Gasteiger partial charge in [-0.25, -0.2) is 9.97 Å². The van der Waals surface area contributed by atoms with E-state index in [2.05, 4.69) is 15.3 Å². The van der Waals surface area contributed by atoms with Crippen molar-refractivity contribution < 1.29 is 5.11 Å². The quantitative estimate of drug-likeness (QED) is 0.761. The van der Waals surface area contributed by atoms with Crippen molar-refractivity contribution in [2.45, 2.75) is 6.54 Å². The lowest BCUT2D eigenvalue weighted by Gasteiger charge is -2.07. The maximum absolute atomic E-state index is 9.88. The van der Waals surface area contributed by atoms with Crippen molar-refractivity contribution in [2.24, 2.45) is 0 Å². The van der Waals surface area contributed by atoms with E-state index in [1.54, 1.807) is 30.6 Å². The van der Waals surface area contributed by atoms with Crippen LogP contribution in [0.2, 0.25) is 5.02 Å². The first-order chi connectivity index (χ1) is 10.7. The highest BCUT2D eigenvalue weighted by atomic mass is 35.5. The number of hydrogen-bond donors (Lipinski definition) is 2. The molecule has 0 aliphatic rings. The summed E-state index contributed by atoms with van der Waals surface area (Å²) in [6.07, 6.45) is 3.32. The number of anilines is 1. The highest BCUT2D eigenvalue weighted by molar-refractivity contribution is 6.30. The Hall–Kier alpha value is -2.59. The van der Waals surface area contributed by atoms with Gasteiger partial charge in [-0.2, -0.15) is 0 Å². The molecule has 0 bridgehead atoms. The molecule has 0 radical (unpaired) electrons.